The zero-order valence-corrected chi connectivity index (χ0v) is 12.5. The van der Waals surface area contributed by atoms with Gasteiger partial charge in [0.15, 0.2) is 5.78 Å². The summed E-state index contributed by atoms with van der Waals surface area (Å²) in [4.78, 5) is 24.4. The number of ether oxygens (including phenoxy) is 2. The van der Waals surface area contributed by atoms with Crippen LogP contribution in [-0.2, 0) is 9.53 Å². The Morgan fingerprint density at radius 3 is 2.37 bits per heavy atom. The minimum absolute atomic E-state index is 0.172. The van der Waals surface area contributed by atoms with Crippen molar-refractivity contribution in [3.05, 3.63) is 28.2 Å². The summed E-state index contributed by atoms with van der Waals surface area (Å²) in [5, 5.41) is 0. The lowest BCUT2D eigenvalue weighted by Gasteiger charge is -2.37. The normalized spacial score (nSPS) is 16.4. The van der Waals surface area contributed by atoms with E-state index in [1.54, 1.807) is 25.3 Å². The first-order chi connectivity index (χ1) is 9.05. The lowest BCUT2D eigenvalue weighted by atomic mass is 9.64. The minimum atomic E-state index is -0.983. The Kier molecular flexibility index (Phi) is 3.94. The van der Waals surface area contributed by atoms with E-state index in [0.29, 0.717) is 28.6 Å². The molecule has 1 saturated carbocycles. The molecule has 0 radical (unpaired) electrons. The number of Topliss-reactive ketones (excluding diaryl/α,β-unsaturated/α-hetero) is 1. The average Bonchev–Trinajstić information content (AvgIpc) is 2.36. The Hall–Kier alpha value is -1.36. The lowest BCUT2D eigenvalue weighted by Crippen LogP contribution is -2.46. The molecule has 0 aliphatic heterocycles. The van der Waals surface area contributed by atoms with E-state index >= 15 is 0 Å². The largest absolute Gasteiger partial charge is 0.496 e. The fraction of sp³-hybridized carbons (Fsp3) is 0.429. The molecular weight excluding hydrogens is 312 g/mol. The molecule has 19 heavy (non-hydrogen) atoms. The fourth-order valence-corrected chi connectivity index (χ4v) is 2.87. The van der Waals surface area contributed by atoms with Crippen molar-refractivity contribution >= 4 is 27.7 Å². The van der Waals surface area contributed by atoms with Crippen LogP contribution in [-0.4, -0.2) is 26.0 Å². The second-order valence-corrected chi connectivity index (χ2v) is 5.46. The van der Waals surface area contributed by atoms with Gasteiger partial charge in [0.25, 0.3) is 0 Å². The number of methoxy groups -OCH3 is 2. The van der Waals surface area contributed by atoms with E-state index in [-0.39, 0.29) is 5.78 Å². The van der Waals surface area contributed by atoms with Gasteiger partial charge in [-0.15, -0.1) is 0 Å². The molecule has 4 nitrogen and oxygen atoms in total. The number of hydrogen-bond acceptors (Lipinski definition) is 4. The molecule has 0 N–H and O–H groups in total. The van der Waals surface area contributed by atoms with E-state index in [1.165, 1.54) is 7.11 Å². The first-order valence-electron chi connectivity index (χ1n) is 6.02. The molecule has 102 valence electrons. The number of rotatable bonds is 4. The number of ketones is 1. The van der Waals surface area contributed by atoms with Gasteiger partial charge < -0.3 is 9.47 Å². The van der Waals surface area contributed by atoms with Crippen LogP contribution in [0, 0.1) is 5.41 Å². The predicted molar refractivity (Wildman–Crippen MR) is 73.3 cm³/mol. The maximum atomic E-state index is 12.5. The van der Waals surface area contributed by atoms with Gasteiger partial charge in [-0.2, -0.15) is 0 Å². The molecule has 0 atom stereocenters. The zero-order valence-electron chi connectivity index (χ0n) is 10.9. The summed E-state index contributed by atoms with van der Waals surface area (Å²) in [6, 6.07) is 5.07. The van der Waals surface area contributed by atoms with E-state index in [9.17, 15) is 9.59 Å². The van der Waals surface area contributed by atoms with Crippen molar-refractivity contribution in [3.63, 3.8) is 0 Å². The van der Waals surface area contributed by atoms with E-state index in [2.05, 4.69) is 15.9 Å². The highest BCUT2D eigenvalue weighted by Gasteiger charge is 2.51. The molecule has 1 fully saturated rings. The zero-order chi connectivity index (χ0) is 14.0. The van der Waals surface area contributed by atoms with Gasteiger partial charge in [0.2, 0.25) is 0 Å². The summed E-state index contributed by atoms with van der Waals surface area (Å²) in [6.07, 6.45) is 1.99. The molecule has 0 spiro atoms. The first kappa shape index (κ1) is 14.1. The molecule has 1 aromatic rings. The molecule has 1 aliphatic rings. The quantitative estimate of drug-likeness (QED) is 0.485. The summed E-state index contributed by atoms with van der Waals surface area (Å²) in [5.41, 5.74) is -0.485. The van der Waals surface area contributed by atoms with Crippen molar-refractivity contribution in [2.24, 2.45) is 5.41 Å². The van der Waals surface area contributed by atoms with Crippen molar-refractivity contribution in [3.8, 4) is 5.75 Å². The highest BCUT2D eigenvalue weighted by Crippen LogP contribution is 2.45. The SMILES string of the molecule is COC(=O)C1(C(=O)c2ccc(OC)c(Br)c2)CCC1. The highest BCUT2D eigenvalue weighted by molar-refractivity contribution is 9.10. The number of halogens is 1. The number of carbonyl (C=O) groups is 2. The van der Waals surface area contributed by atoms with Crippen molar-refractivity contribution < 1.29 is 19.1 Å². The third-order valence-corrected chi connectivity index (χ3v) is 4.25. The Bertz CT molecular complexity index is 520. The summed E-state index contributed by atoms with van der Waals surface area (Å²) in [7, 11) is 2.88. The standard InChI is InChI=1S/C14H15BrO4/c1-18-11-5-4-9(8-10(11)15)12(16)14(6-3-7-14)13(17)19-2/h4-5,8H,3,6-7H2,1-2H3. The van der Waals surface area contributed by atoms with Gasteiger partial charge in [0, 0.05) is 5.56 Å². The summed E-state index contributed by atoms with van der Waals surface area (Å²) in [5.74, 6) is 0.0434. The molecule has 1 aromatic carbocycles. The number of esters is 1. The number of carbonyl (C=O) groups excluding carboxylic acids is 2. The molecule has 2 rings (SSSR count). The molecule has 5 heteroatoms. The lowest BCUT2D eigenvalue weighted by molar-refractivity contribution is -0.153. The van der Waals surface area contributed by atoms with E-state index in [4.69, 9.17) is 9.47 Å². The van der Waals surface area contributed by atoms with Gasteiger partial charge in [-0.25, -0.2) is 0 Å². The van der Waals surface area contributed by atoms with Gasteiger partial charge in [0.1, 0.15) is 11.2 Å². The highest BCUT2D eigenvalue weighted by atomic mass is 79.9. The molecule has 0 heterocycles. The molecule has 0 saturated heterocycles. The second-order valence-electron chi connectivity index (χ2n) is 4.61. The Morgan fingerprint density at radius 1 is 1.26 bits per heavy atom. The molecule has 1 aliphatic carbocycles. The van der Waals surface area contributed by atoms with E-state index in [1.807, 2.05) is 0 Å². The smallest absolute Gasteiger partial charge is 0.319 e. The van der Waals surface area contributed by atoms with Crippen molar-refractivity contribution in [2.45, 2.75) is 19.3 Å². The van der Waals surface area contributed by atoms with Crippen LogP contribution in [0.1, 0.15) is 29.6 Å². The predicted octanol–water partition coefficient (Wildman–Crippen LogP) is 2.98. The van der Waals surface area contributed by atoms with Crippen LogP contribution in [0.15, 0.2) is 22.7 Å². The van der Waals surface area contributed by atoms with E-state index < -0.39 is 11.4 Å². The van der Waals surface area contributed by atoms with Crippen LogP contribution in [0.3, 0.4) is 0 Å². The average molecular weight is 327 g/mol. The Balaban J connectivity index is 2.33. The summed E-state index contributed by atoms with van der Waals surface area (Å²) >= 11 is 3.34. The molecular formula is C14H15BrO4. The number of benzene rings is 1. The maximum Gasteiger partial charge on any atom is 0.319 e. The van der Waals surface area contributed by atoms with Crippen LogP contribution in [0.5, 0.6) is 5.75 Å². The van der Waals surface area contributed by atoms with Crippen LogP contribution < -0.4 is 4.74 Å². The van der Waals surface area contributed by atoms with Crippen molar-refractivity contribution in [1.82, 2.24) is 0 Å². The van der Waals surface area contributed by atoms with Gasteiger partial charge in [-0.05, 0) is 47.0 Å². The second kappa shape index (κ2) is 5.33. The maximum absolute atomic E-state index is 12.5. The van der Waals surface area contributed by atoms with Gasteiger partial charge in [-0.1, -0.05) is 6.42 Å². The van der Waals surface area contributed by atoms with Gasteiger partial charge in [-0.3, -0.25) is 9.59 Å². The third kappa shape index (κ3) is 2.27. The topological polar surface area (TPSA) is 52.6 Å². The fourth-order valence-electron chi connectivity index (χ4n) is 2.33. The molecule has 0 amide bonds. The van der Waals surface area contributed by atoms with Crippen LogP contribution in [0.4, 0.5) is 0 Å². The molecule has 0 bridgehead atoms. The minimum Gasteiger partial charge on any atom is -0.496 e. The molecule has 0 unspecified atom stereocenters. The van der Waals surface area contributed by atoms with Crippen molar-refractivity contribution in [1.29, 1.82) is 0 Å². The van der Waals surface area contributed by atoms with Crippen LogP contribution in [0.2, 0.25) is 0 Å². The third-order valence-electron chi connectivity index (χ3n) is 3.63. The Labute approximate surface area is 120 Å². The monoisotopic (exact) mass is 326 g/mol. The van der Waals surface area contributed by atoms with Crippen molar-refractivity contribution in [2.75, 3.05) is 14.2 Å². The van der Waals surface area contributed by atoms with Crippen LogP contribution in [0.25, 0.3) is 0 Å². The molecule has 0 aromatic heterocycles. The van der Waals surface area contributed by atoms with E-state index in [0.717, 1.165) is 6.42 Å². The van der Waals surface area contributed by atoms with Gasteiger partial charge in [0.05, 0.1) is 18.7 Å². The van der Waals surface area contributed by atoms with Crippen LogP contribution >= 0.6 is 15.9 Å². The summed E-state index contributed by atoms with van der Waals surface area (Å²) < 4.78 is 10.6. The first-order valence-corrected chi connectivity index (χ1v) is 6.81. The van der Waals surface area contributed by atoms with Gasteiger partial charge >= 0.3 is 5.97 Å². The summed E-state index contributed by atoms with van der Waals surface area (Å²) in [6.45, 7) is 0. The number of hydrogen-bond donors (Lipinski definition) is 0. The Morgan fingerprint density at radius 2 is 1.95 bits per heavy atom.